The second-order valence-corrected chi connectivity index (χ2v) is 8.10. The summed E-state index contributed by atoms with van der Waals surface area (Å²) in [4.78, 5) is 25.1. The summed E-state index contributed by atoms with van der Waals surface area (Å²) in [6, 6.07) is 3.71. The fourth-order valence-corrected chi connectivity index (χ4v) is 3.27. The maximum Gasteiger partial charge on any atom is 0.257 e. The monoisotopic (exact) mass is 360 g/mol. The molecule has 0 unspecified atom stereocenters. The summed E-state index contributed by atoms with van der Waals surface area (Å²) in [5, 5.41) is 2.83. The minimum atomic E-state index is -0.220. The Morgan fingerprint density at radius 2 is 1.92 bits per heavy atom. The lowest BCUT2D eigenvalue weighted by Gasteiger charge is -2.16. The third-order valence-electron chi connectivity index (χ3n) is 3.41. The molecule has 0 aliphatic rings. The van der Waals surface area contributed by atoms with E-state index < -0.39 is 0 Å². The second-order valence-electron chi connectivity index (χ2n) is 6.39. The van der Waals surface area contributed by atoms with Gasteiger partial charge < -0.3 is 10.3 Å². The van der Waals surface area contributed by atoms with Crippen molar-refractivity contribution < 1.29 is 4.79 Å². The molecule has 0 aliphatic heterocycles. The van der Waals surface area contributed by atoms with E-state index in [1.54, 1.807) is 24.8 Å². The molecule has 0 fully saturated rings. The number of anilines is 1. The van der Waals surface area contributed by atoms with Crippen molar-refractivity contribution in [2.24, 2.45) is 0 Å². The first-order valence-electron chi connectivity index (χ1n) is 7.41. The maximum absolute atomic E-state index is 12.5. The van der Waals surface area contributed by atoms with E-state index >= 15 is 0 Å². The van der Waals surface area contributed by atoms with Crippen LogP contribution in [-0.2, 0) is 5.41 Å². The Kier molecular flexibility index (Phi) is 4.43. The molecular weight excluding hydrogens is 344 g/mol. The van der Waals surface area contributed by atoms with Crippen LogP contribution in [0.15, 0.2) is 36.9 Å². The van der Waals surface area contributed by atoms with E-state index in [1.807, 2.05) is 32.9 Å². The molecule has 0 spiro atoms. The van der Waals surface area contributed by atoms with Gasteiger partial charge in [0.2, 0.25) is 0 Å². The van der Waals surface area contributed by atoms with Gasteiger partial charge in [0.05, 0.1) is 28.0 Å². The molecule has 3 heterocycles. The van der Waals surface area contributed by atoms with Crippen LogP contribution in [-0.4, -0.2) is 20.9 Å². The van der Waals surface area contributed by atoms with Gasteiger partial charge in [-0.25, -0.2) is 9.97 Å². The highest BCUT2D eigenvalue weighted by Crippen LogP contribution is 2.33. The van der Waals surface area contributed by atoms with Crippen molar-refractivity contribution in [3.05, 3.63) is 52.6 Å². The van der Waals surface area contributed by atoms with E-state index in [0.29, 0.717) is 15.6 Å². The van der Waals surface area contributed by atoms with Crippen molar-refractivity contribution >= 4 is 34.5 Å². The van der Waals surface area contributed by atoms with Crippen LogP contribution in [0, 0.1) is 0 Å². The third kappa shape index (κ3) is 3.49. The number of aromatic amines is 1. The number of H-pyrrole nitrogens is 1. The van der Waals surface area contributed by atoms with Gasteiger partial charge in [-0.2, -0.15) is 0 Å². The van der Waals surface area contributed by atoms with E-state index in [-0.39, 0.29) is 11.3 Å². The zero-order chi connectivity index (χ0) is 17.3. The molecule has 124 valence electrons. The predicted octanol–water partition coefficient (Wildman–Crippen LogP) is 4.74. The van der Waals surface area contributed by atoms with Crippen molar-refractivity contribution in [3.63, 3.8) is 0 Å². The molecule has 0 bridgehead atoms. The third-order valence-corrected chi connectivity index (χ3v) is 4.67. The molecule has 0 atom stereocenters. The quantitative estimate of drug-likeness (QED) is 0.708. The fourth-order valence-electron chi connectivity index (χ4n) is 2.19. The van der Waals surface area contributed by atoms with Crippen LogP contribution in [0.1, 0.15) is 37.0 Å². The topological polar surface area (TPSA) is 70.7 Å². The number of amides is 1. The molecule has 2 N–H and O–H groups in total. The van der Waals surface area contributed by atoms with Gasteiger partial charge in [-0.3, -0.25) is 4.79 Å². The number of carbonyl (C=O) groups is 1. The van der Waals surface area contributed by atoms with E-state index in [0.717, 1.165) is 16.3 Å². The molecule has 0 saturated heterocycles. The highest BCUT2D eigenvalue weighted by atomic mass is 35.5. The van der Waals surface area contributed by atoms with Gasteiger partial charge in [-0.15, -0.1) is 11.3 Å². The van der Waals surface area contributed by atoms with Crippen molar-refractivity contribution in [2.45, 2.75) is 26.2 Å². The number of halogens is 1. The van der Waals surface area contributed by atoms with Gasteiger partial charge in [0.1, 0.15) is 5.82 Å². The smallest absolute Gasteiger partial charge is 0.257 e. The highest BCUT2D eigenvalue weighted by Gasteiger charge is 2.18. The van der Waals surface area contributed by atoms with Crippen LogP contribution < -0.4 is 5.32 Å². The lowest BCUT2D eigenvalue weighted by molar-refractivity contribution is 0.102. The number of hydrogen-bond donors (Lipinski definition) is 2. The minimum Gasteiger partial charge on any atom is -0.366 e. The number of thiophene rings is 1. The molecule has 5 nitrogen and oxygen atoms in total. The van der Waals surface area contributed by atoms with Gasteiger partial charge in [-0.1, -0.05) is 32.4 Å². The summed E-state index contributed by atoms with van der Waals surface area (Å²) in [7, 11) is 0. The highest BCUT2D eigenvalue weighted by molar-refractivity contribution is 7.19. The second kappa shape index (κ2) is 6.37. The summed E-state index contributed by atoms with van der Waals surface area (Å²) in [6.45, 7) is 6.12. The van der Waals surface area contributed by atoms with Gasteiger partial charge in [-0.05, 0) is 12.1 Å². The van der Waals surface area contributed by atoms with Crippen LogP contribution >= 0.6 is 22.9 Å². The van der Waals surface area contributed by atoms with Crippen molar-refractivity contribution in [1.29, 1.82) is 0 Å². The lowest BCUT2D eigenvalue weighted by Crippen LogP contribution is -2.17. The van der Waals surface area contributed by atoms with Crippen LogP contribution in [0.4, 0.5) is 5.69 Å². The first-order chi connectivity index (χ1) is 11.3. The Labute approximate surface area is 149 Å². The summed E-state index contributed by atoms with van der Waals surface area (Å²) in [6.07, 6.45) is 6.71. The van der Waals surface area contributed by atoms with Gasteiger partial charge in [0.25, 0.3) is 5.91 Å². The normalized spacial score (nSPS) is 11.5. The number of nitrogens with one attached hydrogen (secondary N) is 2. The van der Waals surface area contributed by atoms with E-state index in [2.05, 4.69) is 20.3 Å². The Hall–Kier alpha value is -2.18. The number of rotatable bonds is 3. The van der Waals surface area contributed by atoms with Gasteiger partial charge in [0, 0.05) is 28.2 Å². The zero-order valence-corrected chi connectivity index (χ0v) is 15.1. The Balaban J connectivity index is 1.80. The number of aromatic nitrogens is 3. The van der Waals surface area contributed by atoms with Gasteiger partial charge in [0.15, 0.2) is 0 Å². The number of carbonyl (C=O) groups excluding carboxylic acids is 1. The van der Waals surface area contributed by atoms with Crippen molar-refractivity contribution in [3.8, 4) is 10.4 Å². The fraction of sp³-hybridized carbons (Fsp3) is 0.235. The van der Waals surface area contributed by atoms with Crippen molar-refractivity contribution in [2.75, 3.05) is 5.32 Å². The summed E-state index contributed by atoms with van der Waals surface area (Å²) in [5.74, 6) is 0.513. The average molecular weight is 361 g/mol. The standard InChI is InChI=1S/C17H17ClN4OS/c1-17(2,3)16-20-6-10(7-21-16)22-15(23)12-9-19-8-11(12)13-4-5-14(18)24-13/h4-9,19H,1-3H3,(H,22,23). The molecule has 24 heavy (non-hydrogen) atoms. The summed E-state index contributed by atoms with van der Waals surface area (Å²) >= 11 is 7.41. The average Bonchev–Trinajstić information content (AvgIpc) is 3.15. The predicted molar refractivity (Wildman–Crippen MR) is 97.8 cm³/mol. The zero-order valence-electron chi connectivity index (χ0n) is 13.6. The molecule has 0 aliphatic carbocycles. The Morgan fingerprint density at radius 1 is 1.21 bits per heavy atom. The lowest BCUT2D eigenvalue weighted by atomic mass is 9.96. The number of hydrogen-bond acceptors (Lipinski definition) is 4. The summed E-state index contributed by atoms with van der Waals surface area (Å²) in [5.41, 5.74) is 1.80. The van der Waals surface area contributed by atoms with E-state index in [4.69, 9.17) is 11.6 Å². The van der Waals surface area contributed by atoms with Gasteiger partial charge >= 0.3 is 0 Å². The first-order valence-corrected chi connectivity index (χ1v) is 8.60. The molecule has 0 saturated carbocycles. The molecule has 3 aromatic rings. The Morgan fingerprint density at radius 3 is 2.50 bits per heavy atom. The molecule has 7 heteroatoms. The van der Waals surface area contributed by atoms with Crippen LogP contribution in [0.3, 0.4) is 0 Å². The molecule has 3 aromatic heterocycles. The maximum atomic E-state index is 12.5. The molecule has 1 amide bonds. The van der Waals surface area contributed by atoms with E-state index in [1.165, 1.54) is 11.3 Å². The first kappa shape index (κ1) is 16.7. The van der Waals surface area contributed by atoms with Crippen LogP contribution in [0.5, 0.6) is 0 Å². The molecule has 0 radical (unpaired) electrons. The SMILES string of the molecule is CC(C)(C)c1ncc(NC(=O)c2c[nH]cc2-c2ccc(Cl)s2)cn1. The molecule has 3 rings (SSSR count). The minimum absolute atomic E-state index is 0.130. The van der Waals surface area contributed by atoms with Crippen LogP contribution in [0.2, 0.25) is 4.34 Å². The largest absolute Gasteiger partial charge is 0.366 e. The van der Waals surface area contributed by atoms with Crippen LogP contribution in [0.25, 0.3) is 10.4 Å². The van der Waals surface area contributed by atoms with Crippen molar-refractivity contribution in [1.82, 2.24) is 15.0 Å². The summed E-state index contributed by atoms with van der Waals surface area (Å²) < 4.78 is 0.684. The number of nitrogens with zero attached hydrogens (tertiary/aromatic N) is 2. The molecule has 0 aromatic carbocycles. The Bertz CT molecular complexity index is 861. The van der Waals surface area contributed by atoms with E-state index in [9.17, 15) is 4.79 Å². The molecular formula is C17H17ClN4OS.